The largest absolute Gasteiger partial charge is 0.393 e. The van der Waals surface area contributed by atoms with Crippen molar-refractivity contribution >= 4 is 55.5 Å². The van der Waals surface area contributed by atoms with Crippen molar-refractivity contribution < 1.29 is 0 Å². The summed E-state index contributed by atoms with van der Waals surface area (Å²) in [7, 11) is 0. The van der Waals surface area contributed by atoms with E-state index in [4.69, 9.17) is 5.73 Å². The van der Waals surface area contributed by atoms with Crippen LogP contribution in [-0.2, 0) is 0 Å². The van der Waals surface area contributed by atoms with Gasteiger partial charge in [-0.1, -0.05) is 18.2 Å². The molecule has 26 heavy (non-hydrogen) atoms. The Morgan fingerprint density at radius 1 is 0.769 bits per heavy atom. The molecule has 0 aliphatic heterocycles. The molecule has 0 fully saturated rings. The highest BCUT2D eigenvalue weighted by atomic mass is 79.9. The lowest BCUT2D eigenvalue weighted by molar-refractivity contribution is 1.17. The predicted molar refractivity (Wildman–Crippen MR) is 109 cm³/mol. The van der Waals surface area contributed by atoms with Crippen LogP contribution < -0.4 is 16.4 Å². The lowest BCUT2D eigenvalue weighted by atomic mass is 10.2. The first kappa shape index (κ1) is 16.3. The van der Waals surface area contributed by atoms with Crippen LogP contribution in [0.15, 0.2) is 71.6 Å². The zero-order chi connectivity index (χ0) is 17.9. The van der Waals surface area contributed by atoms with E-state index in [0.717, 1.165) is 26.8 Å². The van der Waals surface area contributed by atoms with Crippen LogP contribution in [-0.4, -0.2) is 15.0 Å². The molecule has 0 aliphatic carbocycles. The van der Waals surface area contributed by atoms with Gasteiger partial charge in [0.15, 0.2) is 11.6 Å². The number of fused-ring (bicyclic) bond motifs is 1. The molecule has 0 bridgehead atoms. The zero-order valence-corrected chi connectivity index (χ0v) is 15.2. The summed E-state index contributed by atoms with van der Waals surface area (Å²) >= 11 is 3.51. The molecule has 6 nitrogen and oxygen atoms in total. The van der Waals surface area contributed by atoms with Crippen molar-refractivity contribution in [1.82, 2.24) is 15.0 Å². The van der Waals surface area contributed by atoms with Crippen LogP contribution in [0, 0.1) is 0 Å². The van der Waals surface area contributed by atoms with Crippen molar-refractivity contribution in [2.45, 2.75) is 0 Å². The summed E-state index contributed by atoms with van der Waals surface area (Å²) in [6, 6.07) is 17.5. The molecule has 0 radical (unpaired) electrons. The van der Waals surface area contributed by atoms with Gasteiger partial charge >= 0.3 is 0 Å². The van der Waals surface area contributed by atoms with Crippen molar-refractivity contribution in [3.05, 3.63) is 71.6 Å². The molecule has 0 amide bonds. The number of para-hydroxylation sites is 1. The van der Waals surface area contributed by atoms with Gasteiger partial charge in [-0.3, -0.25) is 4.98 Å². The van der Waals surface area contributed by atoms with Crippen LogP contribution in [0.5, 0.6) is 0 Å². The average Bonchev–Trinajstić information content (AvgIpc) is 2.67. The van der Waals surface area contributed by atoms with Crippen LogP contribution in [0.4, 0.5) is 28.7 Å². The standard InChI is InChI=1S/C19H15BrN6/c20-13-6-1-2-7-16(13)26-19-17(21)18(23-11-24-19)25-15-9-3-8-14-12(15)5-4-10-22-14/h1-11H,21H2,(H2,23,24,25,26). The Balaban J connectivity index is 1.69. The SMILES string of the molecule is Nc1c(Nc2ccccc2Br)ncnc1Nc1cccc2ncccc12. The highest BCUT2D eigenvalue weighted by Crippen LogP contribution is 2.32. The maximum absolute atomic E-state index is 6.29. The fourth-order valence-electron chi connectivity index (χ4n) is 2.62. The van der Waals surface area contributed by atoms with Crippen molar-refractivity contribution in [2.24, 2.45) is 0 Å². The van der Waals surface area contributed by atoms with Gasteiger partial charge in [-0.05, 0) is 52.3 Å². The monoisotopic (exact) mass is 406 g/mol. The van der Waals surface area contributed by atoms with Crippen LogP contribution in [0.2, 0.25) is 0 Å². The van der Waals surface area contributed by atoms with Crippen LogP contribution in [0.25, 0.3) is 10.9 Å². The normalized spacial score (nSPS) is 10.7. The summed E-state index contributed by atoms with van der Waals surface area (Å²) in [5.74, 6) is 1.07. The number of hydrogen-bond donors (Lipinski definition) is 3. The highest BCUT2D eigenvalue weighted by Gasteiger charge is 2.11. The quantitative estimate of drug-likeness (QED) is 0.448. The Morgan fingerprint density at radius 2 is 1.50 bits per heavy atom. The van der Waals surface area contributed by atoms with E-state index in [1.165, 1.54) is 6.33 Å². The minimum Gasteiger partial charge on any atom is -0.393 e. The summed E-state index contributed by atoms with van der Waals surface area (Å²) < 4.78 is 0.924. The third-order valence-corrected chi connectivity index (χ3v) is 4.60. The molecular weight excluding hydrogens is 392 g/mol. The average molecular weight is 407 g/mol. The Morgan fingerprint density at radius 3 is 2.31 bits per heavy atom. The Hall–Kier alpha value is -3.19. The van der Waals surface area contributed by atoms with Gasteiger partial charge in [-0.25, -0.2) is 9.97 Å². The molecule has 4 rings (SSSR count). The smallest absolute Gasteiger partial charge is 0.159 e. The second-order valence-corrected chi connectivity index (χ2v) is 6.44. The number of nitrogens with zero attached hydrogens (tertiary/aromatic N) is 3. The second kappa shape index (κ2) is 6.97. The number of anilines is 5. The molecule has 4 N–H and O–H groups in total. The van der Waals surface area contributed by atoms with Crippen LogP contribution in [0.3, 0.4) is 0 Å². The summed E-state index contributed by atoms with van der Waals surface area (Å²) in [6.07, 6.45) is 3.24. The van der Waals surface area contributed by atoms with Gasteiger partial charge < -0.3 is 16.4 Å². The predicted octanol–water partition coefficient (Wildman–Crippen LogP) is 4.86. The maximum atomic E-state index is 6.29. The highest BCUT2D eigenvalue weighted by molar-refractivity contribution is 9.10. The first-order chi connectivity index (χ1) is 12.7. The van der Waals surface area contributed by atoms with Crippen molar-refractivity contribution in [3.8, 4) is 0 Å². The number of aromatic nitrogens is 3. The Bertz CT molecular complexity index is 1080. The van der Waals surface area contributed by atoms with E-state index in [2.05, 4.69) is 41.5 Å². The fraction of sp³-hybridized carbons (Fsp3) is 0. The van der Waals surface area contributed by atoms with Gasteiger partial charge in [0.05, 0.1) is 11.2 Å². The maximum Gasteiger partial charge on any atom is 0.159 e. The first-order valence-corrected chi connectivity index (χ1v) is 8.74. The molecule has 0 unspecified atom stereocenters. The summed E-state index contributed by atoms with van der Waals surface area (Å²) in [4.78, 5) is 12.9. The lowest BCUT2D eigenvalue weighted by Gasteiger charge is -2.14. The van der Waals surface area contributed by atoms with E-state index in [-0.39, 0.29) is 0 Å². The number of nitrogen functional groups attached to an aromatic ring is 1. The van der Waals surface area contributed by atoms with Gasteiger partial charge in [0, 0.05) is 21.7 Å². The van der Waals surface area contributed by atoms with E-state index in [0.29, 0.717) is 17.3 Å². The number of rotatable bonds is 4. The summed E-state index contributed by atoms with van der Waals surface area (Å²) in [5, 5.41) is 7.51. The summed E-state index contributed by atoms with van der Waals surface area (Å²) in [6.45, 7) is 0. The van der Waals surface area contributed by atoms with Gasteiger partial charge in [-0.2, -0.15) is 0 Å². The molecule has 0 saturated carbocycles. The molecule has 7 heteroatoms. The number of nitrogens with one attached hydrogen (secondary N) is 2. The van der Waals surface area contributed by atoms with Crippen LogP contribution >= 0.6 is 15.9 Å². The number of nitrogens with two attached hydrogens (primary N) is 1. The molecule has 0 saturated heterocycles. The van der Waals surface area contributed by atoms with E-state index in [9.17, 15) is 0 Å². The molecule has 2 aromatic carbocycles. The third kappa shape index (κ3) is 3.16. The minimum atomic E-state index is 0.434. The third-order valence-electron chi connectivity index (χ3n) is 3.91. The minimum absolute atomic E-state index is 0.434. The molecule has 0 aliphatic rings. The van der Waals surface area contributed by atoms with Crippen molar-refractivity contribution in [1.29, 1.82) is 0 Å². The Kier molecular flexibility index (Phi) is 4.37. The molecular formula is C19H15BrN6. The van der Waals surface area contributed by atoms with Crippen molar-refractivity contribution in [3.63, 3.8) is 0 Å². The topological polar surface area (TPSA) is 88.8 Å². The molecule has 2 heterocycles. The van der Waals surface area contributed by atoms with Crippen LogP contribution in [0.1, 0.15) is 0 Å². The molecule has 2 aromatic heterocycles. The number of pyridine rings is 1. The van der Waals surface area contributed by atoms with Gasteiger partial charge in [-0.15, -0.1) is 0 Å². The molecule has 4 aromatic rings. The summed E-state index contributed by atoms with van der Waals surface area (Å²) in [5.41, 5.74) is 9.38. The van der Waals surface area contributed by atoms with E-state index < -0.39 is 0 Å². The van der Waals surface area contributed by atoms with Crippen molar-refractivity contribution in [2.75, 3.05) is 16.4 Å². The molecule has 0 spiro atoms. The first-order valence-electron chi connectivity index (χ1n) is 7.95. The van der Waals surface area contributed by atoms with Gasteiger partial charge in [0.2, 0.25) is 0 Å². The second-order valence-electron chi connectivity index (χ2n) is 5.59. The number of benzene rings is 2. The van der Waals surface area contributed by atoms with Gasteiger partial charge in [0.1, 0.15) is 12.0 Å². The molecule has 0 atom stereocenters. The number of halogens is 1. The number of hydrogen-bond acceptors (Lipinski definition) is 6. The zero-order valence-electron chi connectivity index (χ0n) is 13.6. The Labute approximate surface area is 158 Å². The fourth-order valence-corrected chi connectivity index (χ4v) is 3.01. The van der Waals surface area contributed by atoms with E-state index in [1.54, 1.807) is 6.20 Å². The molecule has 128 valence electrons. The van der Waals surface area contributed by atoms with E-state index in [1.807, 2.05) is 54.6 Å². The lowest BCUT2D eigenvalue weighted by Crippen LogP contribution is -2.05. The van der Waals surface area contributed by atoms with Gasteiger partial charge in [0.25, 0.3) is 0 Å². The van der Waals surface area contributed by atoms with E-state index >= 15 is 0 Å².